The van der Waals surface area contributed by atoms with E-state index in [1.165, 1.54) is 7.05 Å². The Morgan fingerprint density at radius 1 is 1.22 bits per heavy atom. The highest BCUT2D eigenvalue weighted by Gasteiger charge is 2.21. The molecule has 2 rings (SSSR count). The molecule has 1 aliphatic rings. The molecule has 2 N–H and O–H groups in total. The van der Waals surface area contributed by atoms with Gasteiger partial charge in [-0.15, -0.1) is 24.0 Å². The van der Waals surface area contributed by atoms with Gasteiger partial charge in [-0.2, -0.15) is 0 Å². The molecule has 1 heterocycles. The maximum absolute atomic E-state index is 11.8. The summed E-state index contributed by atoms with van der Waals surface area (Å²) in [6, 6.07) is 6.82. The van der Waals surface area contributed by atoms with Gasteiger partial charge in [-0.3, -0.25) is 0 Å². The molecule has 0 unspecified atom stereocenters. The van der Waals surface area contributed by atoms with Crippen molar-refractivity contribution in [2.24, 2.45) is 4.99 Å². The average molecular weight is 510 g/mol. The Bertz CT molecular complexity index is 687. The van der Waals surface area contributed by atoms with Crippen molar-refractivity contribution in [1.29, 1.82) is 0 Å². The summed E-state index contributed by atoms with van der Waals surface area (Å²) in [7, 11) is -1.99. The molecule has 1 aliphatic heterocycles. The van der Waals surface area contributed by atoms with Gasteiger partial charge in [0.05, 0.1) is 17.5 Å². The van der Waals surface area contributed by atoms with E-state index in [4.69, 9.17) is 9.73 Å². The smallest absolute Gasteiger partial charge is 0.240 e. The molecule has 0 atom stereocenters. The second-order valence-corrected chi connectivity index (χ2v) is 8.05. The fourth-order valence-electron chi connectivity index (χ4n) is 2.95. The van der Waals surface area contributed by atoms with Crippen LogP contribution in [0.1, 0.15) is 32.3 Å². The number of nitrogens with zero attached hydrogens (tertiary/aromatic N) is 2. The van der Waals surface area contributed by atoms with E-state index in [1.807, 2.05) is 6.92 Å². The standard InChI is InChI=1S/C18H30N4O3S.HI/c1-4-20-18(22-12-10-16(11-13-22)25-5-2)21-14-15-6-8-17(9-7-15)26(23,24)19-3;/h6-9,16,19H,4-5,10-14H2,1-3H3,(H,20,21);1H. The number of sulfonamides is 1. The van der Waals surface area contributed by atoms with Gasteiger partial charge in [0, 0.05) is 26.2 Å². The van der Waals surface area contributed by atoms with Crippen LogP contribution in [0.15, 0.2) is 34.2 Å². The van der Waals surface area contributed by atoms with Gasteiger partial charge < -0.3 is 15.0 Å². The zero-order valence-corrected chi connectivity index (χ0v) is 19.4. The van der Waals surface area contributed by atoms with Crippen molar-refractivity contribution >= 4 is 40.0 Å². The number of benzene rings is 1. The van der Waals surface area contributed by atoms with E-state index in [9.17, 15) is 8.42 Å². The maximum atomic E-state index is 11.8. The van der Waals surface area contributed by atoms with Crippen molar-refractivity contribution in [3.63, 3.8) is 0 Å². The lowest BCUT2D eigenvalue weighted by Gasteiger charge is -2.34. The van der Waals surface area contributed by atoms with Gasteiger partial charge in [0.25, 0.3) is 0 Å². The highest BCUT2D eigenvalue weighted by molar-refractivity contribution is 14.0. The van der Waals surface area contributed by atoms with Crippen LogP contribution in [0.2, 0.25) is 0 Å². The van der Waals surface area contributed by atoms with E-state index < -0.39 is 10.0 Å². The molecule has 1 fully saturated rings. The lowest BCUT2D eigenvalue weighted by Crippen LogP contribution is -2.47. The quantitative estimate of drug-likeness (QED) is 0.334. The third-order valence-corrected chi connectivity index (χ3v) is 5.82. The number of piperidine rings is 1. The Kier molecular flexibility index (Phi) is 10.6. The second kappa shape index (κ2) is 11.8. The first-order valence-electron chi connectivity index (χ1n) is 9.17. The third kappa shape index (κ3) is 7.20. The van der Waals surface area contributed by atoms with Gasteiger partial charge in [0.2, 0.25) is 10.0 Å². The first kappa shape index (κ1) is 24.1. The minimum atomic E-state index is -3.40. The molecule has 1 saturated heterocycles. The molecule has 0 bridgehead atoms. The van der Waals surface area contributed by atoms with Crippen LogP contribution in [0.25, 0.3) is 0 Å². The van der Waals surface area contributed by atoms with Crippen LogP contribution in [-0.2, 0) is 21.3 Å². The number of rotatable bonds is 7. The van der Waals surface area contributed by atoms with Crippen molar-refractivity contribution < 1.29 is 13.2 Å². The van der Waals surface area contributed by atoms with E-state index in [2.05, 4.69) is 21.9 Å². The van der Waals surface area contributed by atoms with Gasteiger partial charge in [0.15, 0.2) is 5.96 Å². The molecule has 0 amide bonds. The zero-order valence-electron chi connectivity index (χ0n) is 16.3. The van der Waals surface area contributed by atoms with E-state index in [1.54, 1.807) is 24.3 Å². The molecule has 0 saturated carbocycles. The van der Waals surface area contributed by atoms with Gasteiger partial charge in [-0.1, -0.05) is 12.1 Å². The van der Waals surface area contributed by atoms with Gasteiger partial charge >= 0.3 is 0 Å². The van der Waals surface area contributed by atoms with Crippen molar-refractivity contribution in [2.45, 2.75) is 44.2 Å². The lowest BCUT2D eigenvalue weighted by molar-refractivity contribution is 0.0263. The van der Waals surface area contributed by atoms with Crippen molar-refractivity contribution in [1.82, 2.24) is 14.9 Å². The average Bonchev–Trinajstić information content (AvgIpc) is 2.66. The Morgan fingerprint density at radius 2 is 1.85 bits per heavy atom. The largest absolute Gasteiger partial charge is 0.378 e. The van der Waals surface area contributed by atoms with Crippen LogP contribution in [0, 0.1) is 0 Å². The number of aliphatic imine (C=N–C) groups is 1. The number of hydrogen-bond donors (Lipinski definition) is 2. The van der Waals surface area contributed by atoms with Crippen molar-refractivity contribution in [2.75, 3.05) is 33.3 Å². The molecule has 27 heavy (non-hydrogen) atoms. The minimum absolute atomic E-state index is 0. The number of nitrogens with one attached hydrogen (secondary N) is 2. The highest BCUT2D eigenvalue weighted by atomic mass is 127. The van der Waals surface area contributed by atoms with Crippen LogP contribution in [-0.4, -0.2) is 58.7 Å². The molecule has 0 aliphatic carbocycles. The van der Waals surface area contributed by atoms with E-state index in [0.717, 1.165) is 50.6 Å². The summed E-state index contributed by atoms with van der Waals surface area (Å²) >= 11 is 0. The summed E-state index contributed by atoms with van der Waals surface area (Å²) < 4.78 is 31.6. The number of hydrogen-bond acceptors (Lipinski definition) is 4. The first-order chi connectivity index (χ1) is 12.5. The Hall–Kier alpha value is -0.910. The Morgan fingerprint density at radius 3 is 2.37 bits per heavy atom. The van der Waals surface area contributed by atoms with Crippen LogP contribution >= 0.6 is 24.0 Å². The lowest BCUT2D eigenvalue weighted by atomic mass is 10.1. The molecule has 1 aromatic rings. The molecular formula is C18H31IN4O3S. The van der Waals surface area contributed by atoms with Gasteiger partial charge in [-0.05, 0) is 51.4 Å². The van der Waals surface area contributed by atoms with Crippen LogP contribution < -0.4 is 10.0 Å². The molecule has 0 spiro atoms. The molecule has 0 aromatic heterocycles. The number of halogens is 1. The predicted molar refractivity (Wildman–Crippen MR) is 119 cm³/mol. The maximum Gasteiger partial charge on any atom is 0.240 e. The fraction of sp³-hybridized carbons (Fsp3) is 0.611. The summed E-state index contributed by atoms with van der Waals surface area (Å²) in [5.41, 5.74) is 0.972. The third-order valence-electron chi connectivity index (χ3n) is 4.39. The normalized spacial score (nSPS) is 16.1. The van der Waals surface area contributed by atoms with Crippen LogP contribution in [0.3, 0.4) is 0 Å². The summed E-state index contributed by atoms with van der Waals surface area (Å²) in [5.74, 6) is 0.898. The molecule has 7 nitrogen and oxygen atoms in total. The molecule has 0 radical (unpaired) electrons. The van der Waals surface area contributed by atoms with E-state index in [0.29, 0.717) is 12.6 Å². The van der Waals surface area contributed by atoms with Crippen LogP contribution in [0.5, 0.6) is 0 Å². The molecular weight excluding hydrogens is 479 g/mol. The second-order valence-electron chi connectivity index (χ2n) is 6.16. The minimum Gasteiger partial charge on any atom is -0.378 e. The summed E-state index contributed by atoms with van der Waals surface area (Å²) in [5, 5.41) is 3.34. The topological polar surface area (TPSA) is 83.0 Å². The van der Waals surface area contributed by atoms with E-state index >= 15 is 0 Å². The summed E-state index contributed by atoms with van der Waals surface area (Å²) in [6.07, 6.45) is 2.37. The first-order valence-corrected chi connectivity index (χ1v) is 10.7. The van der Waals surface area contributed by atoms with Crippen LogP contribution in [0.4, 0.5) is 0 Å². The van der Waals surface area contributed by atoms with E-state index in [-0.39, 0.29) is 28.9 Å². The van der Waals surface area contributed by atoms with Crippen molar-refractivity contribution in [3.05, 3.63) is 29.8 Å². The Labute approximate surface area is 180 Å². The highest BCUT2D eigenvalue weighted by Crippen LogP contribution is 2.15. The van der Waals surface area contributed by atoms with Gasteiger partial charge in [0.1, 0.15) is 0 Å². The Balaban J connectivity index is 0.00000364. The fourth-order valence-corrected chi connectivity index (χ4v) is 3.68. The van der Waals surface area contributed by atoms with Gasteiger partial charge in [-0.25, -0.2) is 18.1 Å². The van der Waals surface area contributed by atoms with Crippen molar-refractivity contribution in [3.8, 4) is 0 Å². The molecule has 154 valence electrons. The number of ether oxygens (including phenoxy) is 1. The summed E-state index contributed by atoms with van der Waals surface area (Å²) in [4.78, 5) is 7.24. The number of likely N-dealkylation sites (tertiary alicyclic amines) is 1. The summed E-state index contributed by atoms with van der Waals surface area (Å²) in [6.45, 7) is 8.02. The molecule has 1 aromatic carbocycles. The molecule has 9 heteroatoms. The monoisotopic (exact) mass is 510 g/mol. The SMILES string of the molecule is CCNC(=NCc1ccc(S(=O)(=O)NC)cc1)N1CCC(OCC)CC1.I. The zero-order chi connectivity index (χ0) is 19.0. The number of guanidine groups is 1. The predicted octanol–water partition coefficient (Wildman–Crippen LogP) is 2.18.